The molecule has 0 fully saturated rings. The molecule has 2 rings (SSSR count). The predicted octanol–water partition coefficient (Wildman–Crippen LogP) is 3.20. The maximum absolute atomic E-state index is 9.21. The van der Waals surface area contributed by atoms with Crippen molar-refractivity contribution in [3.63, 3.8) is 0 Å². The molecule has 2 N–H and O–H groups in total. The van der Waals surface area contributed by atoms with E-state index in [4.69, 9.17) is 20.8 Å². The highest BCUT2D eigenvalue weighted by Crippen LogP contribution is 2.24. The van der Waals surface area contributed by atoms with Gasteiger partial charge in [-0.15, -0.1) is 0 Å². The van der Waals surface area contributed by atoms with Crippen LogP contribution in [0.5, 0.6) is 0 Å². The maximum Gasteiger partial charge on any atom is 0.0950 e. The molecule has 0 aliphatic rings. The molecule has 0 radical (unpaired) electrons. The zero-order chi connectivity index (χ0) is 15.8. The van der Waals surface area contributed by atoms with Crippen molar-refractivity contribution in [3.8, 4) is 0 Å². The maximum atomic E-state index is 9.21. The van der Waals surface area contributed by atoms with E-state index in [9.17, 15) is 5.11 Å². The minimum atomic E-state index is 0.0466. The average Bonchev–Trinajstić information content (AvgIpc) is 3.03. The van der Waals surface area contributed by atoms with E-state index in [-0.39, 0.29) is 18.7 Å². The molecular weight excluding hydrogens is 302 g/mol. The summed E-state index contributed by atoms with van der Waals surface area (Å²) >= 11 is 6.27. The lowest BCUT2D eigenvalue weighted by Gasteiger charge is -2.25. The molecule has 0 saturated carbocycles. The van der Waals surface area contributed by atoms with E-state index < -0.39 is 0 Å². The first-order valence-corrected chi connectivity index (χ1v) is 7.73. The fourth-order valence-corrected chi connectivity index (χ4v) is 2.70. The van der Waals surface area contributed by atoms with E-state index in [2.05, 4.69) is 5.32 Å². The molecule has 4 nitrogen and oxygen atoms in total. The summed E-state index contributed by atoms with van der Waals surface area (Å²) in [6.07, 6.45) is 4.76. The van der Waals surface area contributed by atoms with Crippen LogP contribution in [-0.2, 0) is 11.2 Å². The van der Waals surface area contributed by atoms with Crippen molar-refractivity contribution < 1.29 is 14.3 Å². The van der Waals surface area contributed by atoms with Gasteiger partial charge in [0.15, 0.2) is 0 Å². The van der Waals surface area contributed by atoms with E-state index in [1.165, 1.54) is 0 Å². The number of furan rings is 1. The van der Waals surface area contributed by atoms with E-state index in [0.717, 1.165) is 22.6 Å². The zero-order valence-corrected chi connectivity index (χ0v) is 13.4. The minimum absolute atomic E-state index is 0.0466. The summed E-state index contributed by atoms with van der Waals surface area (Å²) in [5.41, 5.74) is 2.13. The Labute approximate surface area is 136 Å². The third-order valence-electron chi connectivity index (χ3n) is 3.61. The lowest BCUT2D eigenvalue weighted by molar-refractivity contribution is 0.142. The number of hydrogen-bond acceptors (Lipinski definition) is 4. The van der Waals surface area contributed by atoms with Gasteiger partial charge in [0, 0.05) is 36.4 Å². The van der Waals surface area contributed by atoms with Gasteiger partial charge in [-0.3, -0.25) is 0 Å². The van der Waals surface area contributed by atoms with Crippen molar-refractivity contribution >= 4 is 11.6 Å². The number of ether oxygens (including phenoxy) is 1. The van der Waals surface area contributed by atoms with Crippen molar-refractivity contribution in [3.05, 3.63) is 59.0 Å². The number of rotatable bonds is 9. The number of methoxy groups -OCH3 is 1. The second-order valence-electron chi connectivity index (χ2n) is 5.24. The monoisotopic (exact) mass is 323 g/mol. The predicted molar refractivity (Wildman–Crippen MR) is 87.1 cm³/mol. The number of nitrogens with one attached hydrogen (secondary N) is 1. The Morgan fingerprint density at radius 1 is 1.32 bits per heavy atom. The fraction of sp³-hybridized carbons (Fsp3) is 0.412. The van der Waals surface area contributed by atoms with E-state index >= 15 is 0 Å². The topological polar surface area (TPSA) is 54.6 Å². The number of aliphatic hydroxyl groups is 1. The van der Waals surface area contributed by atoms with Crippen molar-refractivity contribution in [2.45, 2.75) is 24.9 Å². The largest absolute Gasteiger partial charge is 0.472 e. The zero-order valence-electron chi connectivity index (χ0n) is 12.7. The normalized spacial score (nSPS) is 14.0. The van der Waals surface area contributed by atoms with Crippen molar-refractivity contribution in [2.75, 3.05) is 20.3 Å². The van der Waals surface area contributed by atoms with Crippen LogP contribution >= 0.6 is 11.6 Å². The number of halogens is 1. The Morgan fingerprint density at radius 3 is 2.77 bits per heavy atom. The van der Waals surface area contributed by atoms with Crippen LogP contribution < -0.4 is 5.32 Å². The molecule has 22 heavy (non-hydrogen) atoms. The second kappa shape index (κ2) is 8.96. The summed E-state index contributed by atoms with van der Waals surface area (Å²) in [5, 5.41) is 13.5. The molecule has 2 aromatic rings. The van der Waals surface area contributed by atoms with Gasteiger partial charge in [-0.2, -0.15) is 0 Å². The molecule has 1 aromatic heterocycles. The summed E-state index contributed by atoms with van der Waals surface area (Å²) in [6, 6.07) is 9.87. The van der Waals surface area contributed by atoms with Gasteiger partial charge in [0.2, 0.25) is 0 Å². The molecule has 120 valence electrons. The molecule has 0 aliphatic carbocycles. The molecule has 1 aromatic carbocycles. The van der Waals surface area contributed by atoms with Crippen LogP contribution in [0.3, 0.4) is 0 Å². The van der Waals surface area contributed by atoms with Crippen LogP contribution in [0.25, 0.3) is 0 Å². The van der Waals surface area contributed by atoms with E-state index in [1.54, 1.807) is 19.6 Å². The Kier molecular flexibility index (Phi) is 6.93. The first kappa shape index (κ1) is 17.0. The van der Waals surface area contributed by atoms with Crippen molar-refractivity contribution in [1.29, 1.82) is 0 Å². The summed E-state index contributed by atoms with van der Waals surface area (Å²) in [4.78, 5) is 0. The lowest BCUT2D eigenvalue weighted by atomic mass is 9.99. The molecule has 2 atom stereocenters. The van der Waals surface area contributed by atoms with Gasteiger partial charge >= 0.3 is 0 Å². The Hall–Kier alpha value is -1.33. The van der Waals surface area contributed by atoms with Gasteiger partial charge in [0.25, 0.3) is 0 Å². The van der Waals surface area contributed by atoms with Crippen LogP contribution in [0.2, 0.25) is 5.02 Å². The number of hydrogen-bond donors (Lipinski definition) is 2. The molecule has 0 saturated heterocycles. The highest BCUT2D eigenvalue weighted by atomic mass is 35.5. The van der Waals surface area contributed by atoms with Crippen LogP contribution in [0.4, 0.5) is 0 Å². The SMILES string of the molecule is COCC(CCO)NC(Cc1ccccc1Cl)c1ccoc1. The van der Waals surface area contributed by atoms with E-state index in [1.807, 2.05) is 30.3 Å². The number of aliphatic hydroxyl groups excluding tert-OH is 1. The van der Waals surface area contributed by atoms with Gasteiger partial charge in [0.1, 0.15) is 0 Å². The summed E-state index contributed by atoms with van der Waals surface area (Å²) < 4.78 is 10.4. The van der Waals surface area contributed by atoms with Crippen molar-refractivity contribution in [1.82, 2.24) is 5.32 Å². The summed E-state index contributed by atoms with van der Waals surface area (Å²) in [5.74, 6) is 0. The third kappa shape index (κ3) is 4.85. The lowest BCUT2D eigenvalue weighted by Crippen LogP contribution is -2.37. The Balaban J connectivity index is 2.14. The van der Waals surface area contributed by atoms with Gasteiger partial charge in [-0.05, 0) is 30.5 Å². The van der Waals surface area contributed by atoms with Crippen LogP contribution in [-0.4, -0.2) is 31.5 Å². The third-order valence-corrected chi connectivity index (χ3v) is 3.98. The smallest absolute Gasteiger partial charge is 0.0950 e. The Morgan fingerprint density at radius 2 is 2.14 bits per heavy atom. The van der Waals surface area contributed by atoms with Crippen molar-refractivity contribution in [2.24, 2.45) is 0 Å². The second-order valence-corrected chi connectivity index (χ2v) is 5.64. The molecular formula is C17H22ClNO3. The van der Waals surface area contributed by atoms with Gasteiger partial charge in [-0.25, -0.2) is 0 Å². The first-order valence-electron chi connectivity index (χ1n) is 7.36. The molecule has 5 heteroatoms. The van der Waals surface area contributed by atoms with Gasteiger partial charge < -0.3 is 19.6 Å². The number of benzene rings is 1. The average molecular weight is 324 g/mol. The van der Waals surface area contributed by atoms with Crippen LogP contribution in [0.1, 0.15) is 23.6 Å². The Bertz CT molecular complexity index is 539. The molecule has 0 bridgehead atoms. The molecule has 1 heterocycles. The highest BCUT2D eigenvalue weighted by molar-refractivity contribution is 6.31. The van der Waals surface area contributed by atoms with Gasteiger partial charge in [0.05, 0.1) is 19.1 Å². The molecule has 0 amide bonds. The van der Waals surface area contributed by atoms with Crippen LogP contribution in [0.15, 0.2) is 47.3 Å². The quantitative estimate of drug-likeness (QED) is 0.744. The van der Waals surface area contributed by atoms with E-state index in [0.29, 0.717) is 13.0 Å². The first-order chi connectivity index (χ1) is 10.7. The summed E-state index contributed by atoms with van der Waals surface area (Å²) in [7, 11) is 1.66. The molecule has 2 unspecified atom stereocenters. The fourth-order valence-electron chi connectivity index (χ4n) is 2.49. The molecule has 0 spiro atoms. The summed E-state index contributed by atoms with van der Waals surface area (Å²) in [6.45, 7) is 0.655. The van der Waals surface area contributed by atoms with Crippen LogP contribution in [0, 0.1) is 0 Å². The highest BCUT2D eigenvalue weighted by Gasteiger charge is 2.19. The molecule has 0 aliphatic heterocycles. The minimum Gasteiger partial charge on any atom is -0.472 e. The van der Waals surface area contributed by atoms with Gasteiger partial charge in [-0.1, -0.05) is 29.8 Å². The standard InChI is InChI=1S/C17H22ClNO3/c1-21-12-15(6-8-20)19-17(14-7-9-22-11-14)10-13-4-2-3-5-16(13)18/h2-5,7,9,11,15,17,19-20H,6,8,10,12H2,1H3.